The number of aromatic amines is 1. The summed E-state index contributed by atoms with van der Waals surface area (Å²) in [4.78, 5) is 4.12. The van der Waals surface area contributed by atoms with Crippen molar-refractivity contribution in [3.8, 4) is 11.1 Å². The first-order chi connectivity index (χ1) is 8.24. The lowest BCUT2D eigenvalue weighted by Gasteiger charge is -2.06. The Bertz CT molecular complexity index is 667. The van der Waals surface area contributed by atoms with Gasteiger partial charge in [0, 0.05) is 17.1 Å². The van der Waals surface area contributed by atoms with Gasteiger partial charge in [0.05, 0.1) is 11.7 Å². The van der Waals surface area contributed by atoms with E-state index in [1.165, 1.54) is 5.56 Å². The third kappa shape index (κ3) is 1.63. The van der Waals surface area contributed by atoms with Gasteiger partial charge < -0.3 is 5.73 Å². The number of aromatic nitrogens is 3. The van der Waals surface area contributed by atoms with Crippen LogP contribution in [0.15, 0.2) is 36.7 Å². The van der Waals surface area contributed by atoms with Gasteiger partial charge in [-0.15, -0.1) is 0 Å². The van der Waals surface area contributed by atoms with Crippen molar-refractivity contribution in [1.82, 2.24) is 15.2 Å². The van der Waals surface area contributed by atoms with Crippen molar-refractivity contribution in [2.24, 2.45) is 0 Å². The Hall–Kier alpha value is -2.36. The Labute approximate surface area is 98.5 Å². The molecule has 2 heterocycles. The van der Waals surface area contributed by atoms with Gasteiger partial charge in [-0.25, -0.2) is 4.98 Å². The maximum atomic E-state index is 5.59. The van der Waals surface area contributed by atoms with Gasteiger partial charge in [0.15, 0.2) is 0 Å². The first-order valence-electron chi connectivity index (χ1n) is 5.40. The number of nitrogen functional groups attached to an aromatic ring is 1. The van der Waals surface area contributed by atoms with Gasteiger partial charge in [-0.2, -0.15) is 5.10 Å². The van der Waals surface area contributed by atoms with E-state index in [4.69, 9.17) is 5.73 Å². The molecule has 2 aromatic heterocycles. The molecule has 4 nitrogen and oxygen atoms in total. The SMILES string of the molecule is Cc1cc2[nH]ncc2cc1-c1ccc(N)nc1. The van der Waals surface area contributed by atoms with Crippen molar-refractivity contribution in [2.75, 3.05) is 5.73 Å². The van der Waals surface area contributed by atoms with Crippen LogP contribution in [0.2, 0.25) is 0 Å². The minimum absolute atomic E-state index is 0.538. The normalized spacial score (nSPS) is 10.9. The molecular formula is C13H12N4. The number of hydrogen-bond donors (Lipinski definition) is 2. The van der Waals surface area contributed by atoms with Gasteiger partial charge in [0.1, 0.15) is 5.82 Å². The fraction of sp³-hybridized carbons (Fsp3) is 0.0769. The van der Waals surface area contributed by atoms with Crippen molar-refractivity contribution in [3.63, 3.8) is 0 Å². The zero-order valence-corrected chi connectivity index (χ0v) is 9.44. The molecule has 17 heavy (non-hydrogen) atoms. The van der Waals surface area contributed by atoms with E-state index in [0.717, 1.165) is 22.0 Å². The highest BCUT2D eigenvalue weighted by atomic mass is 15.1. The van der Waals surface area contributed by atoms with Gasteiger partial charge in [0.25, 0.3) is 0 Å². The first kappa shape index (κ1) is 9.84. The molecule has 0 saturated carbocycles. The molecule has 0 aliphatic carbocycles. The van der Waals surface area contributed by atoms with Crippen LogP contribution in [0.3, 0.4) is 0 Å². The molecule has 84 valence electrons. The Morgan fingerprint density at radius 1 is 1.18 bits per heavy atom. The molecule has 3 rings (SSSR count). The zero-order valence-electron chi connectivity index (χ0n) is 9.44. The standard InChI is InChI=1S/C13H12N4/c1-8-4-12-10(7-16-17-12)5-11(8)9-2-3-13(14)15-6-9/h2-7H,1H3,(H2,14,15)(H,16,17). The van der Waals surface area contributed by atoms with Crippen LogP contribution in [0, 0.1) is 6.92 Å². The summed E-state index contributed by atoms with van der Waals surface area (Å²) in [6, 6.07) is 8.00. The van der Waals surface area contributed by atoms with Crippen LogP contribution < -0.4 is 5.73 Å². The summed E-state index contributed by atoms with van der Waals surface area (Å²) >= 11 is 0. The van der Waals surface area contributed by atoms with E-state index in [2.05, 4.69) is 34.2 Å². The monoisotopic (exact) mass is 224 g/mol. The van der Waals surface area contributed by atoms with E-state index in [1.54, 1.807) is 6.20 Å². The minimum atomic E-state index is 0.538. The number of aryl methyl sites for hydroxylation is 1. The molecule has 0 atom stereocenters. The number of fused-ring (bicyclic) bond motifs is 1. The smallest absolute Gasteiger partial charge is 0.123 e. The molecule has 0 aliphatic rings. The lowest BCUT2D eigenvalue weighted by atomic mass is 10.0. The van der Waals surface area contributed by atoms with Crippen molar-refractivity contribution >= 4 is 16.7 Å². The van der Waals surface area contributed by atoms with E-state index in [9.17, 15) is 0 Å². The molecule has 0 radical (unpaired) electrons. The Morgan fingerprint density at radius 3 is 2.82 bits per heavy atom. The highest BCUT2D eigenvalue weighted by Gasteiger charge is 2.05. The molecule has 4 heteroatoms. The van der Waals surface area contributed by atoms with Crippen molar-refractivity contribution in [1.29, 1.82) is 0 Å². The summed E-state index contributed by atoms with van der Waals surface area (Å²) in [5.41, 5.74) is 10.1. The molecule has 0 amide bonds. The fourth-order valence-electron chi connectivity index (χ4n) is 1.98. The van der Waals surface area contributed by atoms with E-state index in [0.29, 0.717) is 5.82 Å². The number of nitrogens with one attached hydrogen (secondary N) is 1. The van der Waals surface area contributed by atoms with Crippen molar-refractivity contribution in [3.05, 3.63) is 42.2 Å². The minimum Gasteiger partial charge on any atom is -0.384 e. The molecule has 0 spiro atoms. The average Bonchev–Trinajstić information content (AvgIpc) is 2.76. The van der Waals surface area contributed by atoms with Crippen LogP contribution >= 0.6 is 0 Å². The van der Waals surface area contributed by atoms with Crippen LogP contribution in [-0.4, -0.2) is 15.2 Å². The molecule has 0 fully saturated rings. The topological polar surface area (TPSA) is 67.6 Å². The maximum Gasteiger partial charge on any atom is 0.123 e. The van der Waals surface area contributed by atoms with E-state index < -0.39 is 0 Å². The number of benzene rings is 1. The molecular weight excluding hydrogens is 212 g/mol. The average molecular weight is 224 g/mol. The first-order valence-corrected chi connectivity index (χ1v) is 5.40. The maximum absolute atomic E-state index is 5.59. The van der Waals surface area contributed by atoms with Crippen LogP contribution in [0.25, 0.3) is 22.0 Å². The zero-order chi connectivity index (χ0) is 11.8. The highest BCUT2D eigenvalue weighted by molar-refractivity contribution is 5.85. The summed E-state index contributed by atoms with van der Waals surface area (Å²) in [7, 11) is 0. The molecule has 1 aromatic carbocycles. The number of pyridine rings is 1. The third-order valence-electron chi connectivity index (χ3n) is 2.88. The third-order valence-corrected chi connectivity index (χ3v) is 2.88. The van der Waals surface area contributed by atoms with Gasteiger partial charge in [0.2, 0.25) is 0 Å². The molecule has 0 bridgehead atoms. The lowest BCUT2D eigenvalue weighted by Crippen LogP contribution is -1.90. The molecule has 3 N–H and O–H groups in total. The predicted octanol–water partition coefficient (Wildman–Crippen LogP) is 2.52. The van der Waals surface area contributed by atoms with Gasteiger partial charge in [-0.3, -0.25) is 5.10 Å². The number of nitrogens with zero attached hydrogens (tertiary/aromatic N) is 2. The number of H-pyrrole nitrogens is 1. The van der Waals surface area contributed by atoms with Gasteiger partial charge in [-0.05, 0) is 42.3 Å². The van der Waals surface area contributed by atoms with Crippen LogP contribution in [-0.2, 0) is 0 Å². The summed E-state index contributed by atoms with van der Waals surface area (Å²) in [6.07, 6.45) is 3.62. The molecule has 3 aromatic rings. The second kappa shape index (κ2) is 3.59. The van der Waals surface area contributed by atoms with Crippen LogP contribution in [0.5, 0.6) is 0 Å². The Kier molecular flexibility index (Phi) is 2.08. The predicted molar refractivity (Wildman–Crippen MR) is 68.5 cm³/mol. The molecule has 0 saturated heterocycles. The van der Waals surface area contributed by atoms with Crippen molar-refractivity contribution in [2.45, 2.75) is 6.92 Å². The van der Waals surface area contributed by atoms with E-state index in [1.807, 2.05) is 18.3 Å². The lowest BCUT2D eigenvalue weighted by molar-refractivity contribution is 1.12. The molecule has 0 unspecified atom stereocenters. The second-order valence-electron chi connectivity index (χ2n) is 4.10. The highest BCUT2D eigenvalue weighted by Crippen LogP contribution is 2.27. The number of rotatable bonds is 1. The summed E-state index contributed by atoms with van der Waals surface area (Å²) in [5.74, 6) is 0.538. The van der Waals surface area contributed by atoms with E-state index >= 15 is 0 Å². The van der Waals surface area contributed by atoms with Gasteiger partial charge in [-0.1, -0.05) is 0 Å². The fourth-order valence-corrected chi connectivity index (χ4v) is 1.98. The number of anilines is 1. The van der Waals surface area contributed by atoms with Crippen LogP contribution in [0.4, 0.5) is 5.82 Å². The molecule has 0 aliphatic heterocycles. The largest absolute Gasteiger partial charge is 0.384 e. The number of nitrogens with two attached hydrogens (primary N) is 1. The van der Waals surface area contributed by atoms with E-state index in [-0.39, 0.29) is 0 Å². The van der Waals surface area contributed by atoms with Crippen LogP contribution in [0.1, 0.15) is 5.56 Å². The Morgan fingerprint density at radius 2 is 2.06 bits per heavy atom. The van der Waals surface area contributed by atoms with Gasteiger partial charge >= 0.3 is 0 Å². The summed E-state index contributed by atoms with van der Waals surface area (Å²) in [5, 5.41) is 8.09. The summed E-state index contributed by atoms with van der Waals surface area (Å²) in [6.45, 7) is 2.08. The number of hydrogen-bond acceptors (Lipinski definition) is 3. The van der Waals surface area contributed by atoms with Crippen molar-refractivity contribution < 1.29 is 0 Å². The quantitative estimate of drug-likeness (QED) is 0.667. The second-order valence-corrected chi connectivity index (χ2v) is 4.10. The Balaban J connectivity index is 2.21. The summed E-state index contributed by atoms with van der Waals surface area (Å²) < 4.78 is 0.